The van der Waals surface area contributed by atoms with E-state index in [2.05, 4.69) is 24.5 Å². The number of nitrogens with one attached hydrogen (secondary N) is 1. The lowest BCUT2D eigenvalue weighted by atomic mass is 10.1. The van der Waals surface area contributed by atoms with Crippen molar-refractivity contribution in [3.8, 4) is 5.75 Å². The van der Waals surface area contributed by atoms with Gasteiger partial charge in [-0.15, -0.1) is 11.3 Å². The molecule has 17 heavy (non-hydrogen) atoms. The van der Waals surface area contributed by atoms with E-state index < -0.39 is 0 Å². The highest BCUT2D eigenvalue weighted by atomic mass is 32.1. The van der Waals surface area contributed by atoms with Gasteiger partial charge in [-0.2, -0.15) is 0 Å². The predicted octanol–water partition coefficient (Wildman–Crippen LogP) is 3.76. The molecule has 0 radical (unpaired) electrons. The number of carbonyl (C=O) groups is 1. The largest absolute Gasteiger partial charge is 0.413 e. The molecule has 0 unspecified atom stereocenters. The van der Waals surface area contributed by atoms with Crippen LogP contribution in [0.4, 0.5) is 4.79 Å². The Labute approximate surface area is 107 Å². The first-order valence-electron chi connectivity index (χ1n) is 5.96. The van der Waals surface area contributed by atoms with Crippen molar-refractivity contribution >= 4 is 17.4 Å². The number of amides is 1. The summed E-state index contributed by atoms with van der Waals surface area (Å²) in [7, 11) is 0. The van der Waals surface area contributed by atoms with Gasteiger partial charge in [0, 0.05) is 16.0 Å². The lowest BCUT2D eigenvalue weighted by molar-refractivity contribution is 0.190. The van der Waals surface area contributed by atoms with Crippen molar-refractivity contribution in [2.75, 3.05) is 0 Å². The summed E-state index contributed by atoms with van der Waals surface area (Å²) in [6.45, 7) is 9.94. The van der Waals surface area contributed by atoms with Crippen molar-refractivity contribution in [1.82, 2.24) is 5.32 Å². The smallest absolute Gasteiger partial charge is 0.409 e. The molecule has 0 fully saturated rings. The van der Waals surface area contributed by atoms with Crippen LogP contribution in [0, 0.1) is 0 Å². The first-order valence-corrected chi connectivity index (χ1v) is 6.84. The van der Waals surface area contributed by atoms with Gasteiger partial charge in [0.05, 0.1) is 0 Å². The van der Waals surface area contributed by atoms with Gasteiger partial charge in [0.1, 0.15) is 5.75 Å². The van der Waals surface area contributed by atoms with Gasteiger partial charge in [0.15, 0.2) is 0 Å². The third-order valence-electron chi connectivity index (χ3n) is 2.26. The molecular formula is C13H21NO2S. The average molecular weight is 255 g/mol. The van der Waals surface area contributed by atoms with Crippen LogP contribution in [-0.4, -0.2) is 11.6 Å². The van der Waals surface area contributed by atoms with Gasteiger partial charge < -0.3 is 10.1 Å². The highest BCUT2D eigenvalue weighted by molar-refractivity contribution is 7.10. The number of carbonyl (C=O) groups excluding carboxylic acids is 1. The Morgan fingerprint density at radius 1 is 1.35 bits per heavy atom. The molecule has 1 rings (SSSR count). The third-order valence-corrected chi connectivity index (χ3v) is 3.42. The summed E-state index contributed by atoms with van der Waals surface area (Å²) >= 11 is 1.66. The maximum absolute atomic E-state index is 11.7. The van der Waals surface area contributed by atoms with E-state index in [0.717, 1.165) is 29.0 Å². The Kier molecular flexibility index (Phi) is 4.57. The fourth-order valence-corrected chi connectivity index (χ4v) is 2.47. The van der Waals surface area contributed by atoms with Gasteiger partial charge in [-0.1, -0.05) is 13.8 Å². The van der Waals surface area contributed by atoms with Gasteiger partial charge in [-0.3, -0.25) is 0 Å². The monoisotopic (exact) mass is 255 g/mol. The highest BCUT2D eigenvalue weighted by Crippen LogP contribution is 2.31. The van der Waals surface area contributed by atoms with Crippen molar-refractivity contribution in [2.45, 2.75) is 53.0 Å². The summed E-state index contributed by atoms with van der Waals surface area (Å²) in [4.78, 5) is 12.9. The molecule has 96 valence electrons. The molecule has 0 aliphatic carbocycles. The molecule has 3 nitrogen and oxygen atoms in total. The second-order valence-corrected chi connectivity index (χ2v) is 5.95. The van der Waals surface area contributed by atoms with E-state index in [-0.39, 0.29) is 11.6 Å². The zero-order valence-corrected chi connectivity index (χ0v) is 12.0. The summed E-state index contributed by atoms with van der Waals surface area (Å²) in [5.74, 6) is 0.752. The zero-order valence-electron chi connectivity index (χ0n) is 11.2. The molecule has 0 atom stereocenters. The van der Waals surface area contributed by atoms with E-state index in [1.165, 1.54) is 0 Å². The van der Waals surface area contributed by atoms with Crippen LogP contribution in [0.1, 0.15) is 45.1 Å². The first-order chi connectivity index (χ1) is 7.87. The van der Waals surface area contributed by atoms with Crippen LogP contribution in [-0.2, 0) is 12.8 Å². The molecule has 0 saturated heterocycles. The van der Waals surface area contributed by atoms with E-state index in [1.807, 2.05) is 20.8 Å². The molecule has 1 aromatic rings. The highest BCUT2D eigenvalue weighted by Gasteiger charge is 2.18. The summed E-state index contributed by atoms with van der Waals surface area (Å²) in [6, 6.07) is 0. The fourth-order valence-electron chi connectivity index (χ4n) is 1.46. The van der Waals surface area contributed by atoms with E-state index in [0.29, 0.717) is 0 Å². The Morgan fingerprint density at radius 3 is 2.47 bits per heavy atom. The maximum Gasteiger partial charge on any atom is 0.413 e. The van der Waals surface area contributed by atoms with Crippen LogP contribution in [0.2, 0.25) is 0 Å². The van der Waals surface area contributed by atoms with Crippen LogP contribution < -0.4 is 10.1 Å². The SMILES string of the molecule is CCc1csc(CC)c1OC(=O)NC(C)(C)C. The molecule has 1 aromatic heterocycles. The number of rotatable bonds is 3. The molecule has 1 heterocycles. The molecule has 1 amide bonds. The van der Waals surface area contributed by atoms with E-state index >= 15 is 0 Å². The normalized spacial score (nSPS) is 11.4. The van der Waals surface area contributed by atoms with Crippen molar-refractivity contribution in [1.29, 1.82) is 0 Å². The standard InChI is InChI=1S/C13H21NO2S/c1-6-9-8-17-10(7-2)11(9)16-12(15)14-13(3,4)5/h8H,6-7H2,1-5H3,(H,14,15). The molecule has 0 saturated carbocycles. The Morgan fingerprint density at radius 2 is 2.00 bits per heavy atom. The van der Waals surface area contributed by atoms with Crippen LogP contribution >= 0.6 is 11.3 Å². The van der Waals surface area contributed by atoms with Crippen LogP contribution in [0.15, 0.2) is 5.38 Å². The van der Waals surface area contributed by atoms with Crippen molar-refractivity contribution in [3.05, 3.63) is 15.8 Å². The minimum absolute atomic E-state index is 0.272. The molecule has 0 bridgehead atoms. The van der Waals surface area contributed by atoms with E-state index in [1.54, 1.807) is 11.3 Å². The van der Waals surface area contributed by atoms with Gasteiger partial charge in [-0.05, 0) is 39.0 Å². The topological polar surface area (TPSA) is 38.3 Å². The Hall–Kier alpha value is -1.03. The maximum atomic E-state index is 11.7. The zero-order chi connectivity index (χ0) is 13.1. The van der Waals surface area contributed by atoms with Gasteiger partial charge >= 0.3 is 6.09 Å². The fraction of sp³-hybridized carbons (Fsp3) is 0.615. The summed E-state index contributed by atoms with van der Waals surface area (Å²) in [5.41, 5.74) is 0.835. The van der Waals surface area contributed by atoms with Gasteiger partial charge in [0.25, 0.3) is 0 Å². The average Bonchev–Trinajstić information content (AvgIpc) is 2.57. The predicted molar refractivity (Wildman–Crippen MR) is 72.0 cm³/mol. The Bertz CT molecular complexity index is 369. The molecule has 0 aliphatic heterocycles. The first kappa shape index (κ1) is 14.0. The van der Waals surface area contributed by atoms with Crippen LogP contribution in [0.3, 0.4) is 0 Å². The molecule has 0 aromatic carbocycles. The second kappa shape index (κ2) is 5.54. The molecule has 0 aliphatic rings. The van der Waals surface area contributed by atoms with E-state index in [9.17, 15) is 4.79 Å². The Balaban J connectivity index is 2.80. The minimum Gasteiger partial charge on any atom is -0.409 e. The second-order valence-electron chi connectivity index (χ2n) is 4.98. The van der Waals surface area contributed by atoms with Crippen LogP contribution in [0.25, 0.3) is 0 Å². The lowest BCUT2D eigenvalue weighted by Crippen LogP contribution is -2.42. The van der Waals surface area contributed by atoms with Gasteiger partial charge in [-0.25, -0.2) is 4.79 Å². The summed E-state index contributed by atoms with van der Waals surface area (Å²) in [6.07, 6.45) is 1.40. The van der Waals surface area contributed by atoms with E-state index in [4.69, 9.17) is 4.74 Å². The summed E-state index contributed by atoms with van der Waals surface area (Å²) < 4.78 is 5.43. The van der Waals surface area contributed by atoms with Gasteiger partial charge in [0.2, 0.25) is 0 Å². The summed E-state index contributed by atoms with van der Waals surface area (Å²) in [5, 5.41) is 4.87. The number of thiophene rings is 1. The van der Waals surface area contributed by atoms with Crippen molar-refractivity contribution in [3.63, 3.8) is 0 Å². The minimum atomic E-state index is -0.375. The lowest BCUT2D eigenvalue weighted by Gasteiger charge is -2.20. The third kappa shape index (κ3) is 4.04. The number of hydrogen-bond acceptors (Lipinski definition) is 3. The van der Waals surface area contributed by atoms with Crippen molar-refractivity contribution < 1.29 is 9.53 Å². The number of aryl methyl sites for hydroxylation is 2. The quantitative estimate of drug-likeness (QED) is 0.893. The molecule has 4 heteroatoms. The van der Waals surface area contributed by atoms with Crippen LogP contribution in [0.5, 0.6) is 5.75 Å². The van der Waals surface area contributed by atoms with Crippen molar-refractivity contribution in [2.24, 2.45) is 0 Å². The molecule has 1 N–H and O–H groups in total. The number of hydrogen-bond donors (Lipinski definition) is 1. The number of ether oxygens (including phenoxy) is 1. The molecular weight excluding hydrogens is 234 g/mol. The molecule has 0 spiro atoms.